The summed E-state index contributed by atoms with van der Waals surface area (Å²) in [4.78, 5) is 11.6. The molecule has 0 aliphatic heterocycles. The molecule has 15 heavy (non-hydrogen) atoms. The molecule has 0 saturated heterocycles. The van der Waals surface area contributed by atoms with Gasteiger partial charge in [0.05, 0.1) is 6.61 Å². The van der Waals surface area contributed by atoms with Crippen LogP contribution in [0.3, 0.4) is 0 Å². The van der Waals surface area contributed by atoms with E-state index >= 15 is 0 Å². The molecule has 1 aromatic carbocycles. The lowest BCUT2D eigenvalue weighted by molar-refractivity contribution is 0.0774. The van der Waals surface area contributed by atoms with Gasteiger partial charge in [-0.3, -0.25) is 4.79 Å². The first-order valence-corrected chi connectivity index (χ1v) is 5.03. The number of ether oxygens (including phenoxy) is 1. The van der Waals surface area contributed by atoms with Crippen molar-refractivity contribution in [2.45, 2.75) is 13.8 Å². The van der Waals surface area contributed by atoms with Crippen molar-refractivity contribution in [2.75, 3.05) is 19.8 Å². The lowest BCUT2D eigenvalue weighted by Crippen LogP contribution is -2.14. The van der Waals surface area contributed by atoms with Gasteiger partial charge in [0.25, 0.3) is 0 Å². The zero-order chi connectivity index (χ0) is 11.3. The van der Waals surface area contributed by atoms with Crippen molar-refractivity contribution >= 4 is 5.78 Å². The van der Waals surface area contributed by atoms with Crippen LogP contribution in [-0.2, 0) is 4.74 Å². The van der Waals surface area contributed by atoms with Crippen molar-refractivity contribution in [3.63, 3.8) is 0 Å². The first-order valence-electron chi connectivity index (χ1n) is 5.03. The largest absolute Gasteiger partial charge is 0.372 e. The molecule has 0 heterocycles. The summed E-state index contributed by atoms with van der Waals surface area (Å²) in [6.45, 7) is 5.00. The number of hydrogen-bond donors (Lipinski definition) is 1. The summed E-state index contributed by atoms with van der Waals surface area (Å²) in [6, 6.07) is 5.67. The van der Waals surface area contributed by atoms with Crippen LogP contribution in [-0.4, -0.2) is 25.5 Å². The van der Waals surface area contributed by atoms with E-state index in [1.54, 1.807) is 0 Å². The zero-order valence-corrected chi connectivity index (χ0v) is 9.25. The lowest BCUT2D eigenvalue weighted by Gasteiger charge is -2.05. The van der Waals surface area contributed by atoms with Crippen LogP contribution in [0, 0.1) is 13.8 Å². The topological polar surface area (TPSA) is 52.3 Å². The molecular weight excluding hydrogens is 190 g/mol. The molecule has 0 fully saturated rings. The Morgan fingerprint density at radius 3 is 2.67 bits per heavy atom. The fourth-order valence-electron chi connectivity index (χ4n) is 1.25. The third kappa shape index (κ3) is 3.46. The molecule has 0 aliphatic rings. The molecule has 0 amide bonds. The summed E-state index contributed by atoms with van der Waals surface area (Å²) in [6.07, 6.45) is 0. The van der Waals surface area contributed by atoms with Gasteiger partial charge in [0.2, 0.25) is 0 Å². The Kier molecular flexibility index (Phi) is 4.46. The molecule has 0 spiro atoms. The van der Waals surface area contributed by atoms with Crippen molar-refractivity contribution in [3.8, 4) is 0 Å². The average Bonchev–Trinajstić information content (AvgIpc) is 2.22. The van der Waals surface area contributed by atoms with Crippen LogP contribution in [0.15, 0.2) is 18.2 Å². The number of ketones is 1. The van der Waals surface area contributed by atoms with Crippen molar-refractivity contribution in [2.24, 2.45) is 5.73 Å². The van der Waals surface area contributed by atoms with E-state index in [2.05, 4.69) is 0 Å². The first-order chi connectivity index (χ1) is 7.15. The normalized spacial score (nSPS) is 10.3. The summed E-state index contributed by atoms with van der Waals surface area (Å²) in [5.41, 5.74) is 8.28. The molecule has 1 rings (SSSR count). The standard InChI is InChI=1S/C12H17NO2/c1-9-3-4-11(7-10(9)2)12(14)8-15-6-5-13/h3-4,7H,5-6,8,13H2,1-2H3. The fourth-order valence-corrected chi connectivity index (χ4v) is 1.25. The molecule has 3 heteroatoms. The SMILES string of the molecule is Cc1ccc(C(=O)COCCN)cc1C. The van der Waals surface area contributed by atoms with Crippen LogP contribution in [0.2, 0.25) is 0 Å². The number of Topliss-reactive ketones (excluding diaryl/α,β-unsaturated/α-hetero) is 1. The van der Waals surface area contributed by atoms with Gasteiger partial charge in [0.1, 0.15) is 6.61 Å². The van der Waals surface area contributed by atoms with E-state index in [-0.39, 0.29) is 12.4 Å². The molecule has 2 N–H and O–H groups in total. The van der Waals surface area contributed by atoms with Gasteiger partial charge in [-0.05, 0) is 31.0 Å². The highest BCUT2D eigenvalue weighted by atomic mass is 16.5. The van der Waals surface area contributed by atoms with Gasteiger partial charge in [-0.1, -0.05) is 12.1 Å². The first kappa shape index (κ1) is 11.9. The van der Waals surface area contributed by atoms with E-state index in [1.807, 2.05) is 32.0 Å². The van der Waals surface area contributed by atoms with Gasteiger partial charge < -0.3 is 10.5 Å². The number of rotatable bonds is 5. The van der Waals surface area contributed by atoms with Crippen LogP contribution in [0.4, 0.5) is 0 Å². The predicted octanol–water partition coefficient (Wildman–Crippen LogP) is 1.46. The van der Waals surface area contributed by atoms with E-state index in [0.29, 0.717) is 18.7 Å². The minimum atomic E-state index is 0.00606. The number of nitrogens with two attached hydrogens (primary N) is 1. The minimum Gasteiger partial charge on any atom is -0.372 e. The molecule has 0 radical (unpaired) electrons. The van der Waals surface area contributed by atoms with E-state index in [0.717, 1.165) is 5.56 Å². The Balaban J connectivity index is 2.62. The second-order valence-corrected chi connectivity index (χ2v) is 3.56. The van der Waals surface area contributed by atoms with Crippen LogP contribution >= 0.6 is 0 Å². The van der Waals surface area contributed by atoms with E-state index in [4.69, 9.17) is 10.5 Å². The van der Waals surface area contributed by atoms with E-state index in [9.17, 15) is 4.79 Å². The number of aryl methyl sites for hydroxylation is 2. The summed E-state index contributed by atoms with van der Waals surface area (Å²) < 4.78 is 5.09. The number of hydrogen-bond acceptors (Lipinski definition) is 3. The van der Waals surface area contributed by atoms with E-state index < -0.39 is 0 Å². The molecule has 0 saturated carbocycles. The Morgan fingerprint density at radius 2 is 2.07 bits per heavy atom. The Hall–Kier alpha value is -1.19. The van der Waals surface area contributed by atoms with Crippen LogP contribution in [0.25, 0.3) is 0 Å². The molecule has 3 nitrogen and oxygen atoms in total. The Labute approximate surface area is 90.2 Å². The lowest BCUT2D eigenvalue weighted by atomic mass is 10.0. The van der Waals surface area contributed by atoms with Crippen molar-refractivity contribution in [1.82, 2.24) is 0 Å². The molecule has 0 unspecified atom stereocenters. The molecule has 0 bridgehead atoms. The maximum atomic E-state index is 11.6. The zero-order valence-electron chi connectivity index (χ0n) is 9.25. The maximum absolute atomic E-state index is 11.6. The fraction of sp³-hybridized carbons (Fsp3) is 0.417. The third-order valence-corrected chi connectivity index (χ3v) is 2.32. The van der Waals surface area contributed by atoms with Gasteiger partial charge in [-0.25, -0.2) is 0 Å². The molecular formula is C12H17NO2. The van der Waals surface area contributed by atoms with Crippen LogP contribution in [0.5, 0.6) is 0 Å². The van der Waals surface area contributed by atoms with Gasteiger partial charge in [0, 0.05) is 12.1 Å². The predicted molar refractivity (Wildman–Crippen MR) is 60.1 cm³/mol. The monoisotopic (exact) mass is 207 g/mol. The van der Waals surface area contributed by atoms with Crippen LogP contribution < -0.4 is 5.73 Å². The average molecular weight is 207 g/mol. The highest BCUT2D eigenvalue weighted by Gasteiger charge is 2.06. The third-order valence-electron chi connectivity index (χ3n) is 2.32. The minimum absolute atomic E-state index is 0.00606. The van der Waals surface area contributed by atoms with Crippen molar-refractivity contribution < 1.29 is 9.53 Å². The summed E-state index contributed by atoms with van der Waals surface area (Å²) in [5.74, 6) is 0.00606. The molecule has 0 atom stereocenters. The van der Waals surface area contributed by atoms with Gasteiger partial charge in [-0.2, -0.15) is 0 Å². The number of benzene rings is 1. The van der Waals surface area contributed by atoms with E-state index in [1.165, 1.54) is 5.56 Å². The van der Waals surface area contributed by atoms with Crippen LogP contribution in [0.1, 0.15) is 21.5 Å². The number of carbonyl (C=O) groups excluding carboxylic acids is 1. The second-order valence-electron chi connectivity index (χ2n) is 3.56. The van der Waals surface area contributed by atoms with Gasteiger partial charge >= 0.3 is 0 Å². The molecule has 0 aromatic heterocycles. The smallest absolute Gasteiger partial charge is 0.188 e. The van der Waals surface area contributed by atoms with Crippen molar-refractivity contribution in [3.05, 3.63) is 34.9 Å². The summed E-state index contributed by atoms with van der Waals surface area (Å²) >= 11 is 0. The highest BCUT2D eigenvalue weighted by Crippen LogP contribution is 2.10. The Morgan fingerprint density at radius 1 is 1.33 bits per heavy atom. The quantitative estimate of drug-likeness (QED) is 0.587. The summed E-state index contributed by atoms with van der Waals surface area (Å²) in [7, 11) is 0. The Bertz CT molecular complexity index is 347. The van der Waals surface area contributed by atoms with Crippen molar-refractivity contribution in [1.29, 1.82) is 0 Å². The maximum Gasteiger partial charge on any atom is 0.188 e. The molecule has 82 valence electrons. The van der Waals surface area contributed by atoms with Gasteiger partial charge in [0.15, 0.2) is 5.78 Å². The molecule has 1 aromatic rings. The highest BCUT2D eigenvalue weighted by molar-refractivity contribution is 5.97. The number of carbonyl (C=O) groups is 1. The van der Waals surface area contributed by atoms with Gasteiger partial charge in [-0.15, -0.1) is 0 Å². The summed E-state index contributed by atoms with van der Waals surface area (Å²) in [5, 5.41) is 0. The molecule has 0 aliphatic carbocycles. The second kappa shape index (κ2) is 5.63.